The standard InChI is InChI=1S/C17H20O3/c1-20-14-6-4-11(5-7-14)17-13-3-2-12(10-13)15(17)8-9-16(18)19/h2-7,12-13,15,17H,8-10H2,1H3,(H,18,19). The normalized spacial score (nSPS) is 30.6. The fraction of sp³-hybridized carbons (Fsp3) is 0.471. The van der Waals surface area contributed by atoms with Crippen LogP contribution >= 0.6 is 0 Å². The maximum absolute atomic E-state index is 10.9. The van der Waals surface area contributed by atoms with Gasteiger partial charge in [0.15, 0.2) is 0 Å². The number of hydrogen-bond donors (Lipinski definition) is 1. The molecule has 3 nitrogen and oxygen atoms in total. The van der Waals surface area contributed by atoms with Crippen LogP contribution in [0.5, 0.6) is 5.75 Å². The Balaban J connectivity index is 1.81. The Labute approximate surface area is 119 Å². The maximum Gasteiger partial charge on any atom is 0.303 e. The highest BCUT2D eigenvalue weighted by molar-refractivity contribution is 5.66. The lowest BCUT2D eigenvalue weighted by Gasteiger charge is -2.28. The van der Waals surface area contributed by atoms with Gasteiger partial charge in [0.25, 0.3) is 0 Å². The van der Waals surface area contributed by atoms with Crippen LogP contribution in [0.4, 0.5) is 0 Å². The molecule has 1 saturated carbocycles. The average molecular weight is 272 g/mol. The number of aliphatic carboxylic acids is 1. The zero-order valence-electron chi connectivity index (χ0n) is 11.7. The van der Waals surface area contributed by atoms with Gasteiger partial charge in [0.05, 0.1) is 7.11 Å². The number of carbonyl (C=O) groups is 1. The second kappa shape index (κ2) is 5.31. The minimum absolute atomic E-state index is 0.272. The van der Waals surface area contributed by atoms with E-state index in [4.69, 9.17) is 9.84 Å². The van der Waals surface area contributed by atoms with E-state index in [-0.39, 0.29) is 6.42 Å². The predicted molar refractivity (Wildman–Crippen MR) is 76.8 cm³/mol. The molecule has 106 valence electrons. The lowest BCUT2D eigenvalue weighted by Crippen LogP contribution is -2.19. The van der Waals surface area contributed by atoms with Crippen molar-refractivity contribution in [2.24, 2.45) is 17.8 Å². The molecule has 2 bridgehead atoms. The summed E-state index contributed by atoms with van der Waals surface area (Å²) >= 11 is 0. The molecule has 3 rings (SSSR count). The molecule has 1 fully saturated rings. The van der Waals surface area contributed by atoms with Gasteiger partial charge >= 0.3 is 5.97 Å². The minimum Gasteiger partial charge on any atom is -0.497 e. The molecule has 0 heterocycles. The second-order valence-electron chi connectivity index (χ2n) is 5.84. The van der Waals surface area contributed by atoms with Crippen LogP contribution in [-0.2, 0) is 4.79 Å². The Morgan fingerprint density at radius 2 is 1.95 bits per heavy atom. The van der Waals surface area contributed by atoms with E-state index in [1.54, 1.807) is 7.11 Å². The van der Waals surface area contributed by atoms with E-state index in [1.165, 1.54) is 12.0 Å². The first kappa shape index (κ1) is 13.2. The van der Waals surface area contributed by atoms with Crippen molar-refractivity contribution in [3.63, 3.8) is 0 Å². The lowest BCUT2D eigenvalue weighted by molar-refractivity contribution is -0.137. The number of hydrogen-bond acceptors (Lipinski definition) is 2. The third-order valence-electron chi connectivity index (χ3n) is 4.81. The highest BCUT2D eigenvalue weighted by atomic mass is 16.5. The van der Waals surface area contributed by atoms with Crippen molar-refractivity contribution in [1.82, 2.24) is 0 Å². The van der Waals surface area contributed by atoms with Crippen LogP contribution < -0.4 is 4.74 Å². The third kappa shape index (κ3) is 2.33. The van der Waals surface area contributed by atoms with Gasteiger partial charge in [-0.3, -0.25) is 4.79 Å². The number of carboxylic acids is 1. The highest BCUT2D eigenvalue weighted by Gasteiger charge is 2.44. The van der Waals surface area contributed by atoms with Crippen molar-refractivity contribution in [2.45, 2.75) is 25.2 Å². The molecule has 4 atom stereocenters. The molecule has 1 aromatic carbocycles. The topological polar surface area (TPSA) is 46.5 Å². The molecule has 0 aromatic heterocycles. The first-order chi connectivity index (χ1) is 9.69. The van der Waals surface area contributed by atoms with Crippen LogP contribution in [0, 0.1) is 17.8 Å². The van der Waals surface area contributed by atoms with Gasteiger partial charge in [-0.15, -0.1) is 0 Å². The summed E-state index contributed by atoms with van der Waals surface area (Å²) in [5.41, 5.74) is 1.32. The molecule has 0 spiro atoms. The summed E-state index contributed by atoms with van der Waals surface area (Å²) < 4.78 is 5.21. The Bertz CT molecular complexity index is 518. The van der Waals surface area contributed by atoms with Gasteiger partial charge in [0.2, 0.25) is 0 Å². The van der Waals surface area contributed by atoms with Crippen LogP contribution in [0.2, 0.25) is 0 Å². The van der Waals surface area contributed by atoms with Crippen LogP contribution in [0.25, 0.3) is 0 Å². The Morgan fingerprint density at radius 1 is 1.25 bits per heavy atom. The molecule has 0 amide bonds. The van der Waals surface area contributed by atoms with Gasteiger partial charge in [0, 0.05) is 6.42 Å². The zero-order chi connectivity index (χ0) is 14.1. The number of ether oxygens (including phenoxy) is 1. The monoisotopic (exact) mass is 272 g/mol. The summed E-state index contributed by atoms with van der Waals surface area (Å²) in [6, 6.07) is 8.26. The van der Waals surface area contributed by atoms with Gasteiger partial charge in [-0.1, -0.05) is 24.3 Å². The largest absolute Gasteiger partial charge is 0.497 e. The Kier molecular flexibility index (Phi) is 3.51. The molecule has 0 aliphatic heterocycles. The van der Waals surface area contributed by atoms with E-state index in [2.05, 4.69) is 24.3 Å². The minimum atomic E-state index is -0.690. The maximum atomic E-state index is 10.9. The van der Waals surface area contributed by atoms with Crippen LogP contribution in [-0.4, -0.2) is 18.2 Å². The fourth-order valence-corrected chi connectivity index (χ4v) is 3.93. The van der Waals surface area contributed by atoms with Crippen molar-refractivity contribution in [3.05, 3.63) is 42.0 Å². The fourth-order valence-electron chi connectivity index (χ4n) is 3.93. The summed E-state index contributed by atoms with van der Waals surface area (Å²) in [5, 5.41) is 8.93. The van der Waals surface area contributed by atoms with E-state index < -0.39 is 5.97 Å². The predicted octanol–water partition coefficient (Wildman–Crippen LogP) is 3.47. The molecular weight excluding hydrogens is 252 g/mol. The summed E-state index contributed by atoms with van der Waals surface area (Å²) in [6.45, 7) is 0. The molecule has 0 radical (unpaired) electrons. The van der Waals surface area contributed by atoms with Gasteiger partial charge in [-0.25, -0.2) is 0 Å². The molecule has 4 unspecified atom stereocenters. The highest BCUT2D eigenvalue weighted by Crippen LogP contribution is 2.54. The quantitative estimate of drug-likeness (QED) is 0.835. The summed E-state index contributed by atoms with van der Waals surface area (Å²) in [7, 11) is 1.67. The lowest BCUT2D eigenvalue weighted by atomic mass is 9.76. The van der Waals surface area contributed by atoms with E-state index in [0.29, 0.717) is 23.7 Å². The number of benzene rings is 1. The smallest absolute Gasteiger partial charge is 0.303 e. The summed E-state index contributed by atoms with van der Waals surface area (Å²) in [4.78, 5) is 10.9. The van der Waals surface area contributed by atoms with Crippen LogP contribution in [0.1, 0.15) is 30.7 Å². The first-order valence-corrected chi connectivity index (χ1v) is 7.23. The van der Waals surface area contributed by atoms with E-state index in [0.717, 1.165) is 12.2 Å². The van der Waals surface area contributed by atoms with Gasteiger partial charge in [-0.05, 0) is 54.2 Å². The van der Waals surface area contributed by atoms with Crippen molar-refractivity contribution in [2.75, 3.05) is 7.11 Å². The molecule has 0 saturated heterocycles. The van der Waals surface area contributed by atoms with Crippen LogP contribution in [0.15, 0.2) is 36.4 Å². The molecule has 2 aliphatic rings. The molecule has 2 aliphatic carbocycles. The Morgan fingerprint density at radius 3 is 2.60 bits per heavy atom. The van der Waals surface area contributed by atoms with E-state index in [1.807, 2.05) is 12.1 Å². The van der Waals surface area contributed by atoms with Crippen LogP contribution in [0.3, 0.4) is 0 Å². The number of rotatable bonds is 5. The van der Waals surface area contributed by atoms with Gasteiger partial charge < -0.3 is 9.84 Å². The molecule has 3 heteroatoms. The van der Waals surface area contributed by atoms with Crippen molar-refractivity contribution >= 4 is 5.97 Å². The summed E-state index contributed by atoms with van der Waals surface area (Å²) in [5.74, 6) is 2.25. The Hall–Kier alpha value is -1.77. The SMILES string of the molecule is COc1ccc(C2C3C=CC(C3)C2CCC(=O)O)cc1. The molecule has 1 aromatic rings. The number of allylic oxidation sites excluding steroid dienone is 2. The first-order valence-electron chi connectivity index (χ1n) is 7.23. The van der Waals surface area contributed by atoms with Crippen molar-refractivity contribution < 1.29 is 14.6 Å². The number of carboxylic acid groups (broad SMARTS) is 1. The van der Waals surface area contributed by atoms with Gasteiger partial charge in [-0.2, -0.15) is 0 Å². The second-order valence-corrected chi connectivity index (χ2v) is 5.84. The zero-order valence-corrected chi connectivity index (χ0v) is 11.7. The van der Waals surface area contributed by atoms with Crippen molar-refractivity contribution in [3.8, 4) is 5.75 Å². The number of fused-ring (bicyclic) bond motifs is 2. The third-order valence-corrected chi connectivity index (χ3v) is 4.81. The van der Waals surface area contributed by atoms with Crippen molar-refractivity contribution in [1.29, 1.82) is 0 Å². The van der Waals surface area contributed by atoms with E-state index >= 15 is 0 Å². The van der Waals surface area contributed by atoms with E-state index in [9.17, 15) is 4.79 Å². The average Bonchev–Trinajstić information content (AvgIpc) is 3.06. The summed E-state index contributed by atoms with van der Waals surface area (Å²) in [6.07, 6.45) is 6.83. The molecule has 20 heavy (non-hydrogen) atoms. The molecular formula is C17H20O3. The van der Waals surface area contributed by atoms with Gasteiger partial charge in [0.1, 0.15) is 5.75 Å². The number of methoxy groups -OCH3 is 1. The molecule has 1 N–H and O–H groups in total.